The molecule has 1 amide bonds. The maximum Gasteiger partial charge on any atom is 0.239 e. The second-order valence-electron chi connectivity index (χ2n) is 6.74. The predicted octanol–water partition coefficient (Wildman–Crippen LogP) is 1.07. The number of nitrogens with two attached hydrogens (primary N) is 1. The van der Waals surface area contributed by atoms with Crippen LogP contribution in [0.3, 0.4) is 0 Å². The van der Waals surface area contributed by atoms with Crippen molar-refractivity contribution in [1.29, 1.82) is 0 Å². The lowest BCUT2D eigenvalue weighted by Crippen LogP contribution is -2.48. The van der Waals surface area contributed by atoms with Crippen LogP contribution in [0.25, 0.3) is 0 Å². The molecule has 1 unspecified atom stereocenters. The molecule has 1 saturated heterocycles. The van der Waals surface area contributed by atoms with Crippen molar-refractivity contribution >= 4 is 5.91 Å². The maximum atomic E-state index is 12.3. The van der Waals surface area contributed by atoms with Gasteiger partial charge in [-0.1, -0.05) is 13.8 Å². The highest BCUT2D eigenvalue weighted by Gasteiger charge is 2.31. The lowest BCUT2D eigenvalue weighted by molar-refractivity contribution is -0.135. The zero-order valence-electron chi connectivity index (χ0n) is 13.8. The SMILES string of the molecule is CC(C)C[C@H](N)C(=O)N1CCC(C(O)c2nccn2C)CC1. The van der Waals surface area contributed by atoms with E-state index in [1.807, 2.05) is 22.7 Å². The lowest BCUT2D eigenvalue weighted by atomic mass is 9.90. The molecule has 6 heteroatoms. The van der Waals surface area contributed by atoms with Gasteiger partial charge in [-0.25, -0.2) is 4.98 Å². The molecule has 6 nitrogen and oxygen atoms in total. The number of hydrogen-bond acceptors (Lipinski definition) is 4. The fourth-order valence-corrected chi connectivity index (χ4v) is 3.15. The van der Waals surface area contributed by atoms with E-state index in [0.717, 1.165) is 12.8 Å². The number of aromatic nitrogens is 2. The first-order valence-corrected chi connectivity index (χ1v) is 8.09. The Labute approximate surface area is 132 Å². The van der Waals surface area contributed by atoms with Crippen molar-refractivity contribution in [2.75, 3.05) is 13.1 Å². The number of hydrogen-bond donors (Lipinski definition) is 2. The van der Waals surface area contributed by atoms with Crippen molar-refractivity contribution < 1.29 is 9.90 Å². The summed E-state index contributed by atoms with van der Waals surface area (Å²) >= 11 is 0. The number of rotatable bonds is 5. The van der Waals surface area contributed by atoms with E-state index in [0.29, 0.717) is 31.3 Å². The van der Waals surface area contributed by atoms with Gasteiger partial charge in [-0.3, -0.25) is 4.79 Å². The summed E-state index contributed by atoms with van der Waals surface area (Å²) in [6, 6.07) is -0.406. The number of carbonyl (C=O) groups excluding carboxylic acids is 1. The minimum absolute atomic E-state index is 0.0404. The molecule has 2 heterocycles. The zero-order valence-corrected chi connectivity index (χ0v) is 13.8. The van der Waals surface area contributed by atoms with Gasteiger partial charge in [0.2, 0.25) is 5.91 Å². The largest absolute Gasteiger partial charge is 0.385 e. The van der Waals surface area contributed by atoms with E-state index >= 15 is 0 Å². The van der Waals surface area contributed by atoms with Gasteiger partial charge in [-0.05, 0) is 31.1 Å². The molecule has 0 radical (unpaired) electrons. The minimum Gasteiger partial charge on any atom is -0.385 e. The Bertz CT molecular complexity index is 492. The minimum atomic E-state index is -0.568. The first-order chi connectivity index (χ1) is 10.4. The van der Waals surface area contributed by atoms with Crippen LogP contribution < -0.4 is 5.73 Å². The van der Waals surface area contributed by atoms with Gasteiger partial charge < -0.3 is 20.3 Å². The Hall–Kier alpha value is -1.40. The third-order valence-electron chi connectivity index (χ3n) is 4.46. The fraction of sp³-hybridized carbons (Fsp3) is 0.750. The molecule has 1 aliphatic rings. The molecular formula is C16H28N4O2. The number of aliphatic hydroxyl groups is 1. The summed E-state index contributed by atoms with van der Waals surface area (Å²) in [4.78, 5) is 18.4. The quantitative estimate of drug-likeness (QED) is 0.852. The number of nitrogens with zero attached hydrogens (tertiary/aromatic N) is 3. The highest BCUT2D eigenvalue weighted by atomic mass is 16.3. The monoisotopic (exact) mass is 308 g/mol. The highest BCUT2D eigenvalue weighted by Crippen LogP contribution is 2.30. The van der Waals surface area contributed by atoms with E-state index in [2.05, 4.69) is 18.8 Å². The average molecular weight is 308 g/mol. The molecule has 3 N–H and O–H groups in total. The van der Waals surface area contributed by atoms with Crippen molar-refractivity contribution in [3.05, 3.63) is 18.2 Å². The van der Waals surface area contributed by atoms with E-state index in [9.17, 15) is 9.90 Å². The summed E-state index contributed by atoms with van der Waals surface area (Å²) in [6.45, 7) is 5.47. The van der Waals surface area contributed by atoms with Crippen molar-refractivity contribution in [2.24, 2.45) is 24.6 Å². The Morgan fingerprint density at radius 1 is 1.45 bits per heavy atom. The van der Waals surface area contributed by atoms with Gasteiger partial charge in [-0.2, -0.15) is 0 Å². The summed E-state index contributed by atoms with van der Waals surface area (Å²) in [5.41, 5.74) is 5.99. The van der Waals surface area contributed by atoms with Gasteiger partial charge in [0.25, 0.3) is 0 Å². The molecule has 1 fully saturated rings. The summed E-state index contributed by atoms with van der Waals surface area (Å²) in [7, 11) is 1.88. The number of aryl methyl sites for hydroxylation is 1. The molecule has 124 valence electrons. The molecule has 2 atom stereocenters. The number of likely N-dealkylation sites (tertiary alicyclic amines) is 1. The van der Waals surface area contributed by atoms with E-state index in [4.69, 9.17) is 5.73 Å². The molecule has 0 saturated carbocycles. The van der Waals surface area contributed by atoms with Crippen LogP contribution in [-0.2, 0) is 11.8 Å². The van der Waals surface area contributed by atoms with E-state index in [1.165, 1.54) is 0 Å². The first kappa shape index (κ1) is 17.0. The molecule has 22 heavy (non-hydrogen) atoms. The Morgan fingerprint density at radius 3 is 2.59 bits per heavy atom. The molecular weight excluding hydrogens is 280 g/mol. The number of amides is 1. The van der Waals surface area contributed by atoms with Crippen LogP contribution in [0.1, 0.15) is 45.0 Å². The molecule has 0 aromatic carbocycles. The van der Waals surface area contributed by atoms with Crippen LogP contribution in [0.2, 0.25) is 0 Å². The summed E-state index contributed by atoms with van der Waals surface area (Å²) in [6.07, 6.45) is 5.25. The molecule has 2 rings (SSSR count). The van der Waals surface area contributed by atoms with Gasteiger partial charge in [0.15, 0.2) is 0 Å². The molecule has 0 aliphatic carbocycles. The standard InChI is InChI=1S/C16H28N4O2/c1-11(2)10-13(17)16(22)20-7-4-12(5-8-20)14(21)15-18-6-9-19(15)3/h6,9,11-14,21H,4-5,7-8,10,17H2,1-3H3/t13-,14?/m0/s1. The molecule has 1 aliphatic heterocycles. The maximum absolute atomic E-state index is 12.3. The highest BCUT2D eigenvalue weighted by molar-refractivity contribution is 5.81. The van der Waals surface area contributed by atoms with Gasteiger partial charge >= 0.3 is 0 Å². The van der Waals surface area contributed by atoms with Crippen LogP contribution in [-0.4, -0.2) is 44.6 Å². The molecule has 0 bridgehead atoms. The van der Waals surface area contributed by atoms with Crippen molar-refractivity contribution in [2.45, 2.75) is 45.3 Å². The van der Waals surface area contributed by atoms with E-state index < -0.39 is 12.1 Å². The first-order valence-electron chi connectivity index (χ1n) is 8.09. The average Bonchev–Trinajstić information content (AvgIpc) is 2.91. The second kappa shape index (κ2) is 7.24. The third kappa shape index (κ3) is 3.87. The Morgan fingerprint density at radius 2 is 2.09 bits per heavy atom. The van der Waals surface area contributed by atoms with Gasteiger partial charge in [-0.15, -0.1) is 0 Å². The Balaban J connectivity index is 1.88. The van der Waals surface area contributed by atoms with Crippen LogP contribution >= 0.6 is 0 Å². The van der Waals surface area contributed by atoms with Crippen LogP contribution in [0, 0.1) is 11.8 Å². The van der Waals surface area contributed by atoms with Crippen molar-refractivity contribution in [3.8, 4) is 0 Å². The van der Waals surface area contributed by atoms with Crippen LogP contribution in [0.4, 0.5) is 0 Å². The number of piperidine rings is 1. The summed E-state index contributed by atoms with van der Waals surface area (Å²) in [5.74, 6) is 1.30. The van der Waals surface area contributed by atoms with Crippen molar-refractivity contribution in [3.63, 3.8) is 0 Å². The third-order valence-corrected chi connectivity index (χ3v) is 4.46. The molecule has 1 aromatic heterocycles. The fourth-order valence-electron chi connectivity index (χ4n) is 3.15. The van der Waals surface area contributed by atoms with E-state index in [1.54, 1.807) is 6.20 Å². The van der Waals surface area contributed by atoms with Crippen LogP contribution in [0.5, 0.6) is 0 Å². The predicted molar refractivity (Wildman–Crippen MR) is 84.9 cm³/mol. The normalized spacial score (nSPS) is 19.5. The molecule has 1 aromatic rings. The number of imidazole rings is 1. The topological polar surface area (TPSA) is 84.4 Å². The Kier molecular flexibility index (Phi) is 5.58. The lowest BCUT2D eigenvalue weighted by Gasteiger charge is -2.35. The zero-order chi connectivity index (χ0) is 16.3. The van der Waals surface area contributed by atoms with Crippen LogP contribution in [0.15, 0.2) is 12.4 Å². The second-order valence-corrected chi connectivity index (χ2v) is 6.74. The number of aliphatic hydroxyl groups excluding tert-OH is 1. The van der Waals surface area contributed by atoms with Gasteiger partial charge in [0, 0.05) is 32.5 Å². The number of carbonyl (C=O) groups is 1. The smallest absolute Gasteiger partial charge is 0.239 e. The summed E-state index contributed by atoms with van der Waals surface area (Å²) < 4.78 is 1.85. The van der Waals surface area contributed by atoms with Gasteiger partial charge in [0.1, 0.15) is 11.9 Å². The van der Waals surface area contributed by atoms with Gasteiger partial charge in [0.05, 0.1) is 6.04 Å². The van der Waals surface area contributed by atoms with E-state index in [-0.39, 0.29) is 11.8 Å². The summed E-state index contributed by atoms with van der Waals surface area (Å²) in [5, 5.41) is 10.5. The molecule has 0 spiro atoms. The van der Waals surface area contributed by atoms with Crippen molar-refractivity contribution in [1.82, 2.24) is 14.5 Å².